The number of tetrazole rings is 1. The average molecular weight is 423 g/mol. The van der Waals surface area contributed by atoms with E-state index in [1.54, 1.807) is 17.5 Å². The van der Waals surface area contributed by atoms with Crippen molar-refractivity contribution in [2.75, 3.05) is 5.32 Å². The first-order valence-corrected chi connectivity index (χ1v) is 9.87. The van der Waals surface area contributed by atoms with Gasteiger partial charge in [0, 0.05) is 17.9 Å². The van der Waals surface area contributed by atoms with Crippen LogP contribution in [0.3, 0.4) is 0 Å². The van der Waals surface area contributed by atoms with E-state index in [9.17, 15) is 9.59 Å². The summed E-state index contributed by atoms with van der Waals surface area (Å²) in [6.45, 7) is 1.66. The van der Waals surface area contributed by atoms with E-state index >= 15 is 0 Å². The molecule has 0 spiro atoms. The second kappa shape index (κ2) is 8.66. The van der Waals surface area contributed by atoms with E-state index in [0.29, 0.717) is 34.7 Å². The number of carbonyl (C=O) groups excluding carboxylic acids is 2. The highest BCUT2D eigenvalue weighted by molar-refractivity contribution is 7.14. The van der Waals surface area contributed by atoms with Gasteiger partial charge in [-0.15, -0.1) is 21.5 Å². The second-order valence-corrected chi connectivity index (χ2v) is 7.13. The van der Waals surface area contributed by atoms with Gasteiger partial charge >= 0.3 is 0 Å². The Labute approximate surface area is 174 Å². The number of nitrogens with zero attached hydrogens (tertiary/aromatic N) is 5. The number of rotatable bonds is 7. The van der Waals surface area contributed by atoms with Crippen LogP contribution in [-0.2, 0) is 22.7 Å². The predicted octanol–water partition coefficient (Wildman–Crippen LogP) is 2.33. The lowest BCUT2D eigenvalue weighted by molar-refractivity contribution is -0.119. The van der Waals surface area contributed by atoms with E-state index in [-0.39, 0.29) is 18.4 Å². The minimum Gasteiger partial charge on any atom is -0.458 e. The van der Waals surface area contributed by atoms with Crippen molar-refractivity contribution in [1.29, 1.82) is 0 Å². The van der Waals surface area contributed by atoms with Crippen LogP contribution in [0.2, 0.25) is 0 Å². The summed E-state index contributed by atoms with van der Waals surface area (Å²) in [4.78, 5) is 28.9. The molecule has 0 saturated carbocycles. The molecule has 0 atom stereocenters. The Hall–Kier alpha value is -3.86. The molecule has 0 aliphatic heterocycles. The van der Waals surface area contributed by atoms with Gasteiger partial charge in [0.25, 0.3) is 0 Å². The number of carbonyl (C=O) groups is 2. The zero-order valence-corrected chi connectivity index (χ0v) is 16.7. The third-order valence-corrected chi connectivity index (χ3v) is 4.70. The molecule has 0 saturated heterocycles. The van der Waals surface area contributed by atoms with Crippen molar-refractivity contribution in [3.63, 3.8) is 0 Å². The predicted molar refractivity (Wildman–Crippen MR) is 109 cm³/mol. The summed E-state index contributed by atoms with van der Waals surface area (Å²) in [5, 5.41) is 19.7. The van der Waals surface area contributed by atoms with Crippen LogP contribution in [-0.4, -0.2) is 37.0 Å². The van der Waals surface area contributed by atoms with E-state index in [1.165, 1.54) is 23.1 Å². The van der Waals surface area contributed by atoms with Crippen LogP contribution in [0.4, 0.5) is 5.13 Å². The zero-order valence-electron chi connectivity index (χ0n) is 15.9. The second-order valence-electron chi connectivity index (χ2n) is 6.27. The maximum atomic E-state index is 12.3. The maximum Gasteiger partial charge on any atom is 0.249 e. The minimum absolute atomic E-state index is 0.0869. The van der Waals surface area contributed by atoms with Crippen molar-refractivity contribution < 1.29 is 14.0 Å². The molecule has 3 aromatic heterocycles. The van der Waals surface area contributed by atoms with Gasteiger partial charge in [0.2, 0.25) is 17.6 Å². The number of benzene rings is 1. The fourth-order valence-electron chi connectivity index (χ4n) is 2.57. The average Bonchev–Trinajstić information content (AvgIpc) is 3.48. The highest BCUT2D eigenvalue weighted by atomic mass is 32.1. The Morgan fingerprint density at radius 1 is 1.17 bits per heavy atom. The fraction of sp³-hybridized carbons (Fsp3) is 0.158. The number of nitrogens with one attached hydrogen (secondary N) is 2. The molecule has 10 nitrogen and oxygen atoms in total. The number of aromatic nitrogens is 5. The third kappa shape index (κ3) is 4.75. The molecular formula is C19H17N7O3S. The number of thiazole rings is 1. The first-order valence-electron chi connectivity index (χ1n) is 8.99. The summed E-state index contributed by atoms with van der Waals surface area (Å²) in [6, 6.07) is 12.9. The summed E-state index contributed by atoms with van der Waals surface area (Å²) < 4.78 is 5.66. The van der Waals surface area contributed by atoms with Gasteiger partial charge in [-0.3, -0.25) is 9.59 Å². The Kier molecular flexibility index (Phi) is 5.61. The maximum absolute atomic E-state index is 12.3. The lowest BCUT2D eigenvalue weighted by atomic mass is 10.2. The molecule has 0 aliphatic carbocycles. The van der Waals surface area contributed by atoms with Crippen LogP contribution >= 0.6 is 11.3 Å². The molecule has 0 unspecified atom stereocenters. The summed E-state index contributed by atoms with van der Waals surface area (Å²) >= 11 is 1.27. The van der Waals surface area contributed by atoms with Crippen LogP contribution < -0.4 is 10.6 Å². The Morgan fingerprint density at radius 2 is 2.00 bits per heavy atom. The molecule has 0 radical (unpaired) electrons. The van der Waals surface area contributed by atoms with Crippen LogP contribution in [0.15, 0.2) is 52.3 Å². The van der Waals surface area contributed by atoms with Crippen molar-refractivity contribution in [3.8, 4) is 22.8 Å². The van der Waals surface area contributed by atoms with Crippen LogP contribution in [0.5, 0.6) is 0 Å². The molecule has 1 aromatic carbocycles. The number of hydrogen-bond acceptors (Lipinski definition) is 8. The standard InChI is InChI=1S/C19H17N7O3S/c1-12(27)20-9-14-7-8-16(29-14)15-11-30-19(21-15)22-17(28)10-26-24-18(23-25-26)13-5-3-2-4-6-13/h2-8,11H,9-10H2,1H3,(H,20,27)(H,21,22,28). The molecule has 2 amide bonds. The molecule has 2 N–H and O–H groups in total. The van der Waals surface area contributed by atoms with Gasteiger partial charge in [0.15, 0.2) is 10.9 Å². The monoisotopic (exact) mass is 423 g/mol. The van der Waals surface area contributed by atoms with Gasteiger partial charge in [-0.05, 0) is 17.3 Å². The molecule has 11 heteroatoms. The molecule has 30 heavy (non-hydrogen) atoms. The SMILES string of the molecule is CC(=O)NCc1ccc(-c2csc(NC(=O)Cn3nnc(-c4ccccc4)n3)n2)o1. The Bertz CT molecular complexity index is 1170. The highest BCUT2D eigenvalue weighted by Crippen LogP contribution is 2.26. The summed E-state index contributed by atoms with van der Waals surface area (Å²) in [7, 11) is 0. The summed E-state index contributed by atoms with van der Waals surface area (Å²) in [5.41, 5.74) is 1.42. The summed E-state index contributed by atoms with van der Waals surface area (Å²) in [6.07, 6.45) is 0. The number of hydrogen-bond donors (Lipinski definition) is 2. The van der Waals surface area contributed by atoms with Gasteiger partial charge in [-0.2, -0.15) is 4.80 Å². The van der Waals surface area contributed by atoms with Crippen molar-refractivity contribution >= 4 is 28.3 Å². The topological polar surface area (TPSA) is 128 Å². The zero-order chi connectivity index (χ0) is 20.9. The largest absolute Gasteiger partial charge is 0.458 e. The molecule has 152 valence electrons. The summed E-state index contributed by atoms with van der Waals surface area (Å²) in [5.74, 6) is 1.17. The highest BCUT2D eigenvalue weighted by Gasteiger charge is 2.13. The molecule has 4 aromatic rings. The normalized spacial score (nSPS) is 10.7. The molecule has 0 fully saturated rings. The van der Waals surface area contributed by atoms with E-state index in [1.807, 2.05) is 30.3 Å². The quantitative estimate of drug-likeness (QED) is 0.467. The van der Waals surface area contributed by atoms with Gasteiger partial charge in [0.05, 0.1) is 6.54 Å². The van der Waals surface area contributed by atoms with E-state index in [2.05, 4.69) is 31.0 Å². The molecule has 0 aliphatic rings. The smallest absolute Gasteiger partial charge is 0.249 e. The van der Waals surface area contributed by atoms with Crippen LogP contribution in [0.1, 0.15) is 12.7 Å². The molecular weight excluding hydrogens is 406 g/mol. The molecule has 0 bridgehead atoms. The molecule has 3 heterocycles. The number of furan rings is 1. The van der Waals surface area contributed by atoms with Crippen molar-refractivity contribution in [2.45, 2.75) is 20.0 Å². The van der Waals surface area contributed by atoms with Crippen molar-refractivity contribution in [1.82, 2.24) is 30.5 Å². The lowest BCUT2D eigenvalue weighted by Gasteiger charge is -2.00. The molecule has 4 rings (SSSR count). The Balaban J connectivity index is 1.35. The van der Waals surface area contributed by atoms with Gasteiger partial charge in [-0.1, -0.05) is 30.3 Å². The van der Waals surface area contributed by atoms with E-state index < -0.39 is 0 Å². The minimum atomic E-state index is -0.321. The fourth-order valence-corrected chi connectivity index (χ4v) is 3.28. The van der Waals surface area contributed by atoms with E-state index in [0.717, 1.165) is 5.56 Å². The van der Waals surface area contributed by atoms with Gasteiger partial charge < -0.3 is 15.1 Å². The lowest BCUT2D eigenvalue weighted by Crippen LogP contribution is -2.20. The van der Waals surface area contributed by atoms with Gasteiger partial charge in [0.1, 0.15) is 18.0 Å². The van der Waals surface area contributed by atoms with E-state index in [4.69, 9.17) is 4.42 Å². The Morgan fingerprint density at radius 3 is 2.80 bits per heavy atom. The number of anilines is 1. The first kappa shape index (κ1) is 19.5. The van der Waals surface area contributed by atoms with Crippen molar-refractivity contribution in [3.05, 3.63) is 53.6 Å². The first-order chi connectivity index (χ1) is 14.6. The number of amides is 2. The van der Waals surface area contributed by atoms with Gasteiger partial charge in [-0.25, -0.2) is 4.98 Å². The van der Waals surface area contributed by atoms with Crippen molar-refractivity contribution in [2.24, 2.45) is 0 Å². The van der Waals surface area contributed by atoms with Crippen LogP contribution in [0.25, 0.3) is 22.8 Å². The van der Waals surface area contributed by atoms with Crippen LogP contribution in [0, 0.1) is 0 Å². The third-order valence-electron chi connectivity index (χ3n) is 3.95.